The number of aryl methyl sites for hydroxylation is 1. The molecule has 3 rings (SSSR count). The minimum absolute atomic E-state index is 0.177. The fraction of sp³-hybridized carbons (Fsp3) is 0.143. The van der Waals surface area contributed by atoms with Gasteiger partial charge < -0.3 is 4.57 Å². The van der Waals surface area contributed by atoms with Gasteiger partial charge in [-0.3, -0.25) is 10.1 Å². The van der Waals surface area contributed by atoms with E-state index in [0.717, 1.165) is 28.4 Å². The van der Waals surface area contributed by atoms with Gasteiger partial charge in [0.2, 0.25) is 0 Å². The number of aromatic nitrogens is 1. The number of fused-ring (bicyclic) bond motifs is 3. The summed E-state index contributed by atoms with van der Waals surface area (Å²) in [7, 11) is 0. The number of nitro benzene ring substituents is 1. The van der Waals surface area contributed by atoms with Crippen molar-refractivity contribution in [3.8, 4) is 0 Å². The molecule has 0 aliphatic carbocycles. The molecule has 0 saturated carbocycles. The first-order valence-corrected chi connectivity index (χ1v) is 5.88. The normalized spacial score (nSPS) is 11.2. The van der Waals surface area contributed by atoms with Crippen molar-refractivity contribution in [1.29, 1.82) is 0 Å². The SMILES string of the molecule is CCn1c2ccccc2c2c([N+](=O)[O-])cccc21. The van der Waals surface area contributed by atoms with Crippen LogP contribution in [0.5, 0.6) is 0 Å². The van der Waals surface area contributed by atoms with E-state index in [4.69, 9.17) is 0 Å². The van der Waals surface area contributed by atoms with Gasteiger partial charge in [-0.25, -0.2) is 0 Å². The minimum Gasteiger partial charge on any atom is -0.341 e. The Labute approximate surface area is 104 Å². The lowest BCUT2D eigenvalue weighted by Crippen LogP contribution is -1.93. The molecule has 3 aromatic rings. The maximum Gasteiger partial charge on any atom is 0.279 e. The van der Waals surface area contributed by atoms with Crippen molar-refractivity contribution in [3.05, 3.63) is 52.6 Å². The average molecular weight is 240 g/mol. The second-order valence-corrected chi connectivity index (χ2v) is 4.19. The summed E-state index contributed by atoms with van der Waals surface area (Å²) >= 11 is 0. The zero-order chi connectivity index (χ0) is 12.7. The van der Waals surface area contributed by atoms with Gasteiger partial charge in [-0.05, 0) is 19.1 Å². The van der Waals surface area contributed by atoms with Gasteiger partial charge in [0.15, 0.2) is 0 Å². The van der Waals surface area contributed by atoms with E-state index in [1.54, 1.807) is 12.1 Å². The quantitative estimate of drug-likeness (QED) is 0.506. The summed E-state index contributed by atoms with van der Waals surface area (Å²) in [4.78, 5) is 10.8. The first-order valence-electron chi connectivity index (χ1n) is 5.88. The molecular weight excluding hydrogens is 228 g/mol. The number of hydrogen-bond donors (Lipinski definition) is 0. The van der Waals surface area contributed by atoms with E-state index in [9.17, 15) is 10.1 Å². The van der Waals surface area contributed by atoms with Crippen molar-refractivity contribution in [2.75, 3.05) is 0 Å². The molecule has 0 bridgehead atoms. The zero-order valence-electron chi connectivity index (χ0n) is 9.96. The number of non-ortho nitro benzene ring substituents is 1. The highest BCUT2D eigenvalue weighted by atomic mass is 16.6. The van der Waals surface area contributed by atoms with E-state index in [1.807, 2.05) is 37.3 Å². The average Bonchev–Trinajstić information content (AvgIpc) is 2.72. The fourth-order valence-electron chi connectivity index (χ4n) is 2.57. The van der Waals surface area contributed by atoms with Gasteiger partial charge in [0, 0.05) is 23.5 Å². The molecule has 0 saturated heterocycles. The number of hydrogen-bond acceptors (Lipinski definition) is 2. The number of nitro groups is 1. The Hall–Kier alpha value is -2.36. The second-order valence-electron chi connectivity index (χ2n) is 4.19. The van der Waals surface area contributed by atoms with Gasteiger partial charge in [0.05, 0.1) is 15.8 Å². The molecule has 0 radical (unpaired) electrons. The van der Waals surface area contributed by atoms with Crippen LogP contribution >= 0.6 is 0 Å². The number of nitrogens with zero attached hydrogens (tertiary/aromatic N) is 2. The van der Waals surface area contributed by atoms with E-state index >= 15 is 0 Å². The van der Waals surface area contributed by atoms with E-state index in [0.29, 0.717) is 0 Å². The molecule has 0 aliphatic heterocycles. The van der Waals surface area contributed by atoms with Crippen LogP contribution in [0.15, 0.2) is 42.5 Å². The first kappa shape index (κ1) is 10.8. The number of rotatable bonds is 2. The predicted molar refractivity (Wildman–Crippen MR) is 71.8 cm³/mol. The Kier molecular flexibility index (Phi) is 2.30. The highest BCUT2D eigenvalue weighted by Gasteiger charge is 2.18. The third kappa shape index (κ3) is 1.32. The molecule has 1 aromatic heterocycles. The second kappa shape index (κ2) is 3.84. The highest BCUT2D eigenvalue weighted by molar-refractivity contribution is 6.12. The molecule has 4 heteroatoms. The summed E-state index contributed by atoms with van der Waals surface area (Å²) in [5.41, 5.74) is 2.15. The van der Waals surface area contributed by atoms with Crippen molar-refractivity contribution in [3.63, 3.8) is 0 Å². The summed E-state index contributed by atoms with van der Waals surface area (Å²) in [6.07, 6.45) is 0. The van der Waals surface area contributed by atoms with Crippen LogP contribution in [-0.2, 0) is 6.54 Å². The molecule has 4 nitrogen and oxygen atoms in total. The van der Waals surface area contributed by atoms with E-state index in [1.165, 1.54) is 0 Å². The monoisotopic (exact) mass is 240 g/mol. The molecule has 0 amide bonds. The Morgan fingerprint density at radius 2 is 1.83 bits per heavy atom. The van der Waals surface area contributed by atoms with Gasteiger partial charge in [-0.1, -0.05) is 24.3 Å². The van der Waals surface area contributed by atoms with Crippen LogP contribution in [0.25, 0.3) is 21.8 Å². The number of para-hydroxylation sites is 1. The van der Waals surface area contributed by atoms with Gasteiger partial charge in [0.1, 0.15) is 0 Å². The van der Waals surface area contributed by atoms with Gasteiger partial charge in [0.25, 0.3) is 5.69 Å². The van der Waals surface area contributed by atoms with Crippen LogP contribution in [0.2, 0.25) is 0 Å². The lowest BCUT2D eigenvalue weighted by molar-refractivity contribution is -0.383. The molecule has 0 N–H and O–H groups in total. The Balaban J connectivity index is 2.60. The van der Waals surface area contributed by atoms with Crippen molar-refractivity contribution < 1.29 is 4.92 Å². The van der Waals surface area contributed by atoms with Crippen LogP contribution < -0.4 is 0 Å². The molecule has 0 unspecified atom stereocenters. The molecule has 0 spiro atoms. The molecule has 2 aromatic carbocycles. The standard InChI is InChI=1S/C14H12N2O2/c1-2-15-11-7-4-3-6-10(11)14-12(15)8-5-9-13(14)16(17)18/h3-9H,2H2,1H3. The van der Waals surface area contributed by atoms with Crippen molar-refractivity contribution >= 4 is 27.5 Å². The summed E-state index contributed by atoms with van der Waals surface area (Å²) in [5, 5.41) is 12.8. The fourth-order valence-corrected chi connectivity index (χ4v) is 2.57. The molecule has 0 aliphatic rings. The van der Waals surface area contributed by atoms with Gasteiger partial charge in [-0.2, -0.15) is 0 Å². The van der Waals surface area contributed by atoms with Gasteiger partial charge in [-0.15, -0.1) is 0 Å². The molecule has 18 heavy (non-hydrogen) atoms. The number of benzene rings is 2. The topological polar surface area (TPSA) is 48.1 Å². The molecular formula is C14H12N2O2. The lowest BCUT2D eigenvalue weighted by Gasteiger charge is -2.01. The third-order valence-electron chi connectivity index (χ3n) is 3.29. The van der Waals surface area contributed by atoms with Crippen molar-refractivity contribution in [2.24, 2.45) is 0 Å². The maximum atomic E-state index is 11.2. The largest absolute Gasteiger partial charge is 0.341 e. The predicted octanol–water partition coefficient (Wildman–Crippen LogP) is 3.72. The molecule has 90 valence electrons. The third-order valence-corrected chi connectivity index (χ3v) is 3.29. The molecule has 0 fully saturated rings. The van der Waals surface area contributed by atoms with Crippen LogP contribution in [0.4, 0.5) is 5.69 Å². The van der Waals surface area contributed by atoms with E-state index in [-0.39, 0.29) is 10.6 Å². The van der Waals surface area contributed by atoms with Crippen molar-refractivity contribution in [2.45, 2.75) is 13.5 Å². The van der Waals surface area contributed by atoms with Gasteiger partial charge >= 0.3 is 0 Å². The Bertz CT molecular complexity index is 759. The summed E-state index contributed by atoms with van der Waals surface area (Å²) in [6, 6.07) is 13.1. The maximum absolute atomic E-state index is 11.2. The summed E-state index contributed by atoms with van der Waals surface area (Å²) in [5.74, 6) is 0. The first-order chi connectivity index (χ1) is 8.74. The van der Waals surface area contributed by atoms with Crippen LogP contribution in [0.3, 0.4) is 0 Å². The van der Waals surface area contributed by atoms with E-state index < -0.39 is 0 Å². The van der Waals surface area contributed by atoms with Crippen LogP contribution in [-0.4, -0.2) is 9.49 Å². The molecule has 0 atom stereocenters. The van der Waals surface area contributed by atoms with Crippen molar-refractivity contribution in [1.82, 2.24) is 4.57 Å². The smallest absolute Gasteiger partial charge is 0.279 e. The van der Waals surface area contributed by atoms with E-state index in [2.05, 4.69) is 4.57 Å². The minimum atomic E-state index is -0.311. The van der Waals surface area contributed by atoms with Crippen LogP contribution in [0, 0.1) is 10.1 Å². The molecule has 1 heterocycles. The summed E-state index contributed by atoms with van der Waals surface area (Å²) in [6.45, 7) is 2.84. The Morgan fingerprint density at radius 3 is 2.56 bits per heavy atom. The summed E-state index contributed by atoms with van der Waals surface area (Å²) < 4.78 is 2.11. The highest BCUT2D eigenvalue weighted by Crippen LogP contribution is 2.35. The lowest BCUT2D eigenvalue weighted by atomic mass is 10.1. The zero-order valence-corrected chi connectivity index (χ0v) is 9.96. The van der Waals surface area contributed by atoms with Crippen LogP contribution in [0.1, 0.15) is 6.92 Å². The Morgan fingerprint density at radius 1 is 1.11 bits per heavy atom.